The van der Waals surface area contributed by atoms with Crippen molar-refractivity contribution in [3.8, 4) is 11.4 Å². The summed E-state index contributed by atoms with van der Waals surface area (Å²) in [5.74, 6) is -4.18. The number of hydrogen-bond acceptors (Lipinski definition) is 9. The lowest BCUT2D eigenvalue weighted by atomic mass is 10.1. The molecule has 2 atom stereocenters. The summed E-state index contributed by atoms with van der Waals surface area (Å²) >= 11 is 0. The van der Waals surface area contributed by atoms with Gasteiger partial charge in [0.25, 0.3) is 11.8 Å². The van der Waals surface area contributed by atoms with Crippen LogP contribution in [0.25, 0.3) is 11.4 Å². The number of nitrogens with one attached hydrogen (secondary N) is 2. The molecule has 1 aromatic heterocycles. The number of aliphatic hydroxyl groups is 1. The largest absolute Gasteiger partial charge is 0.439 e. The standard InChI is InChI=1S/C26H25FN6O8/c1-31(2)19(34)13-32(3)24(37)15-10-16(27)12-18(11-15)33-8-9-40-21(25(33)38)20(35)23(36)28-17-6-4-14(5-7-17)22-29-26(39)41-30-22/h4-8,10-12,20-21,35H,9,13H2,1-3H3,(H-,28,29,30,36,39)/p+1. The van der Waals surface area contributed by atoms with Crippen molar-refractivity contribution in [1.29, 1.82) is 0 Å². The third-order valence-corrected chi connectivity index (χ3v) is 6.06. The normalized spacial score (nSPS) is 15.6. The van der Waals surface area contributed by atoms with Crippen LogP contribution < -0.4 is 11.1 Å². The van der Waals surface area contributed by atoms with Crippen molar-refractivity contribution in [3.63, 3.8) is 0 Å². The molecule has 2 heterocycles. The summed E-state index contributed by atoms with van der Waals surface area (Å²) in [4.78, 5) is 66.7. The average Bonchev–Trinajstić information content (AvgIpc) is 3.38. The minimum atomic E-state index is -1.94. The molecule has 4 rings (SSSR count). The minimum Gasteiger partial charge on any atom is -0.380 e. The van der Waals surface area contributed by atoms with Crippen LogP contribution in [0.1, 0.15) is 10.4 Å². The number of ether oxygens (including phenoxy) is 1. The highest BCUT2D eigenvalue weighted by atomic mass is 19.1. The van der Waals surface area contributed by atoms with E-state index >= 15 is 0 Å². The van der Waals surface area contributed by atoms with Gasteiger partial charge in [0.2, 0.25) is 17.7 Å². The van der Waals surface area contributed by atoms with E-state index in [9.17, 15) is 33.5 Å². The van der Waals surface area contributed by atoms with E-state index in [1.807, 2.05) is 0 Å². The van der Waals surface area contributed by atoms with Crippen molar-refractivity contribution in [2.45, 2.75) is 12.2 Å². The number of aliphatic hydroxyl groups excluding tert-OH is 1. The zero-order chi connectivity index (χ0) is 29.8. The van der Waals surface area contributed by atoms with Crippen molar-refractivity contribution in [2.24, 2.45) is 0 Å². The van der Waals surface area contributed by atoms with Crippen molar-refractivity contribution in [3.05, 3.63) is 64.4 Å². The number of carbonyl (C=O) groups is 4. The van der Waals surface area contributed by atoms with Crippen LogP contribution >= 0.6 is 0 Å². The molecule has 0 bridgehead atoms. The number of carbonyl (C=O) groups excluding carboxylic acids is 4. The van der Waals surface area contributed by atoms with Gasteiger partial charge in [0, 0.05) is 50.1 Å². The third-order valence-electron chi connectivity index (χ3n) is 6.06. The van der Waals surface area contributed by atoms with E-state index in [1.54, 1.807) is 0 Å². The molecule has 0 fully saturated rings. The topological polar surface area (TPSA) is 178 Å². The molecule has 2 unspecified atom stereocenters. The molecule has 14 nitrogen and oxygen atoms in total. The van der Waals surface area contributed by atoms with Crippen LogP contribution in [-0.2, 0) is 19.1 Å². The number of amides is 4. The van der Waals surface area contributed by atoms with Gasteiger partial charge in [-0.1, -0.05) is 5.16 Å². The second-order valence-corrected chi connectivity index (χ2v) is 9.25. The van der Waals surface area contributed by atoms with Gasteiger partial charge in [0.15, 0.2) is 18.1 Å². The molecule has 1 aliphatic heterocycles. The molecule has 0 aliphatic carbocycles. The molecule has 41 heavy (non-hydrogen) atoms. The van der Waals surface area contributed by atoms with E-state index in [2.05, 4.69) is 20.0 Å². The monoisotopic (exact) mass is 569 g/mol. The summed E-state index contributed by atoms with van der Waals surface area (Å²) in [6, 6.07) is 9.26. The Kier molecular flexibility index (Phi) is 8.49. The first-order chi connectivity index (χ1) is 19.4. The smallest absolute Gasteiger partial charge is 0.380 e. The predicted molar refractivity (Wildman–Crippen MR) is 140 cm³/mol. The van der Waals surface area contributed by atoms with Crippen LogP contribution in [0.15, 0.2) is 51.8 Å². The quantitative estimate of drug-likeness (QED) is 0.314. The van der Waals surface area contributed by atoms with Gasteiger partial charge in [0.1, 0.15) is 12.4 Å². The summed E-state index contributed by atoms with van der Waals surface area (Å²) in [6.45, 7) is -0.450. The fourth-order valence-corrected chi connectivity index (χ4v) is 3.87. The average molecular weight is 570 g/mol. The van der Waals surface area contributed by atoms with Crippen molar-refractivity contribution in [2.75, 3.05) is 39.6 Å². The van der Waals surface area contributed by atoms with Crippen molar-refractivity contribution < 1.29 is 42.5 Å². The summed E-state index contributed by atoms with van der Waals surface area (Å²) in [7, 11) is 4.45. The summed E-state index contributed by atoms with van der Waals surface area (Å²) < 4.78 is 25.3. The highest BCUT2D eigenvalue weighted by Gasteiger charge is 2.43. The lowest BCUT2D eigenvalue weighted by Crippen LogP contribution is -2.50. The first-order valence-electron chi connectivity index (χ1n) is 12.1. The highest BCUT2D eigenvalue weighted by molar-refractivity contribution is 5.99. The van der Waals surface area contributed by atoms with E-state index in [0.29, 0.717) is 5.56 Å². The number of hydrogen-bond donors (Lipinski definition) is 3. The summed E-state index contributed by atoms with van der Waals surface area (Å²) in [5.41, 5.74) is 0.609. The number of aromatic nitrogens is 2. The van der Waals surface area contributed by atoms with Crippen LogP contribution in [0, 0.1) is 5.82 Å². The number of H-pyrrole nitrogens is 1. The zero-order valence-corrected chi connectivity index (χ0v) is 22.2. The van der Waals surface area contributed by atoms with E-state index in [-0.39, 0.29) is 41.8 Å². The van der Waals surface area contributed by atoms with E-state index in [0.717, 1.165) is 21.6 Å². The molecule has 214 valence electrons. The Balaban J connectivity index is 1.46. The molecule has 4 amide bonds. The molecule has 0 radical (unpaired) electrons. The van der Waals surface area contributed by atoms with Gasteiger partial charge in [-0.15, -0.1) is 4.58 Å². The second kappa shape index (κ2) is 12.0. The van der Waals surface area contributed by atoms with Gasteiger partial charge >= 0.3 is 11.7 Å². The van der Waals surface area contributed by atoms with E-state index < -0.39 is 41.5 Å². The minimum absolute atomic E-state index is 0.0342. The Morgan fingerprint density at radius 2 is 1.88 bits per heavy atom. The van der Waals surface area contributed by atoms with Crippen LogP contribution in [-0.4, -0.2) is 106 Å². The van der Waals surface area contributed by atoms with Gasteiger partial charge in [-0.05, 0) is 30.3 Å². The molecule has 1 aliphatic rings. The lowest BCUT2D eigenvalue weighted by molar-refractivity contribution is -0.383. The van der Waals surface area contributed by atoms with Crippen molar-refractivity contribution in [1.82, 2.24) is 19.9 Å². The Hall–Kier alpha value is -5.02. The highest BCUT2D eigenvalue weighted by Crippen LogP contribution is 2.22. The number of aromatic amines is 1. The number of benzene rings is 2. The molecule has 3 aromatic rings. The number of rotatable bonds is 8. The summed E-state index contributed by atoms with van der Waals surface area (Å²) in [5, 5.41) is 16.7. The van der Waals surface area contributed by atoms with Gasteiger partial charge in [-0.25, -0.2) is 14.0 Å². The number of halogens is 1. The fourth-order valence-electron chi connectivity index (χ4n) is 3.87. The first kappa shape index (κ1) is 29.0. The fraction of sp³-hybridized carbons (Fsp3) is 0.269. The molecule has 0 saturated heterocycles. The zero-order valence-electron chi connectivity index (χ0n) is 22.2. The Morgan fingerprint density at radius 1 is 1.17 bits per heavy atom. The molecule has 0 spiro atoms. The number of anilines is 1. The van der Waals surface area contributed by atoms with Gasteiger partial charge in [0.05, 0.1) is 6.54 Å². The number of nitrogens with zero attached hydrogens (tertiary/aromatic N) is 4. The predicted octanol–water partition coefficient (Wildman–Crippen LogP) is -0.0310. The maximum Gasteiger partial charge on any atom is 0.439 e. The van der Waals surface area contributed by atoms with Crippen LogP contribution in [0.3, 0.4) is 0 Å². The van der Waals surface area contributed by atoms with Crippen LogP contribution in [0.4, 0.5) is 15.8 Å². The molecule has 3 N–H and O–H groups in total. The van der Waals surface area contributed by atoms with E-state index in [4.69, 9.17) is 4.74 Å². The van der Waals surface area contributed by atoms with Crippen molar-refractivity contribution >= 4 is 41.2 Å². The Morgan fingerprint density at radius 3 is 2.51 bits per heavy atom. The Labute approximate surface area is 231 Å². The SMILES string of the molecule is CN(C)C(=O)CN(C)C(=O)c1cc(F)cc([N+]2=CCOC(C(O)C(=O)Nc3ccc(-c4noc(=O)[nH]4)cc3)C2=O)c1. The number of likely N-dealkylation sites (N-methyl/N-ethyl adjacent to an activating group) is 2. The molecule has 2 aromatic carbocycles. The lowest BCUT2D eigenvalue weighted by Gasteiger charge is -2.22. The summed E-state index contributed by atoms with van der Waals surface area (Å²) in [6.07, 6.45) is -2.30. The Bertz CT molecular complexity index is 1580. The second-order valence-electron chi connectivity index (χ2n) is 9.25. The molecule has 0 saturated carbocycles. The van der Waals surface area contributed by atoms with Crippen LogP contribution in [0.5, 0.6) is 0 Å². The van der Waals surface area contributed by atoms with Gasteiger partial charge in [-0.2, -0.15) is 0 Å². The molecular weight excluding hydrogens is 543 g/mol. The van der Waals surface area contributed by atoms with Crippen LogP contribution in [0.2, 0.25) is 0 Å². The van der Waals surface area contributed by atoms with E-state index in [1.165, 1.54) is 62.6 Å². The molecular formula is C26H26FN6O8+. The maximum atomic E-state index is 14.5. The van der Waals surface area contributed by atoms with Gasteiger partial charge < -0.3 is 25.0 Å². The first-order valence-corrected chi connectivity index (χ1v) is 12.1. The maximum absolute atomic E-state index is 14.5. The third kappa shape index (κ3) is 6.59. The van der Waals surface area contributed by atoms with Gasteiger partial charge in [-0.3, -0.25) is 23.9 Å². The molecule has 15 heteroatoms.